The highest BCUT2D eigenvalue weighted by Crippen LogP contribution is 2.28. The molecule has 4 N–H and O–H groups in total. The second kappa shape index (κ2) is 5.09. The Hall–Kier alpha value is -2.14. The fraction of sp³-hybridized carbons (Fsp3) is 0.0667. The number of benzene rings is 1. The number of nitrogens with two attached hydrogens (primary N) is 2. The van der Waals surface area contributed by atoms with Crippen LogP contribution in [0.1, 0.15) is 5.56 Å². The molecule has 100 valence electrons. The first-order valence-electron chi connectivity index (χ1n) is 6.21. The minimum atomic E-state index is 0.509. The van der Waals surface area contributed by atoms with Crippen molar-refractivity contribution in [3.63, 3.8) is 0 Å². The Morgan fingerprint density at radius 2 is 1.85 bits per heavy atom. The number of hydrogen-bond acceptors (Lipinski definition) is 3. The van der Waals surface area contributed by atoms with Crippen molar-refractivity contribution in [1.29, 1.82) is 0 Å². The summed E-state index contributed by atoms with van der Waals surface area (Å²) < 4.78 is 2.93. The maximum atomic E-state index is 5.83. The zero-order chi connectivity index (χ0) is 14.1. The van der Waals surface area contributed by atoms with E-state index in [1.807, 2.05) is 24.5 Å². The Morgan fingerprint density at radius 3 is 2.60 bits per heavy atom. The van der Waals surface area contributed by atoms with Gasteiger partial charge in [0.05, 0.1) is 4.47 Å². The smallest absolute Gasteiger partial charge is 0.173 e. The normalized spacial score (nSPS) is 10.8. The fourth-order valence-electron chi connectivity index (χ4n) is 2.12. The predicted octanol–water partition coefficient (Wildman–Crippen LogP) is 2.50. The highest BCUT2D eigenvalue weighted by Gasteiger charge is 2.07. The van der Waals surface area contributed by atoms with Crippen LogP contribution in [0.4, 0.5) is 11.5 Å². The lowest BCUT2D eigenvalue weighted by molar-refractivity contribution is -0.688. The molecule has 0 unspecified atom stereocenters. The fourth-order valence-corrected chi connectivity index (χ4v) is 2.57. The molecule has 4 nitrogen and oxygen atoms in total. The van der Waals surface area contributed by atoms with E-state index in [-0.39, 0.29) is 0 Å². The molecule has 0 saturated carbocycles. The molecule has 5 heteroatoms. The van der Waals surface area contributed by atoms with Crippen LogP contribution in [-0.2, 0) is 6.54 Å². The van der Waals surface area contributed by atoms with Gasteiger partial charge in [0.1, 0.15) is 5.82 Å². The summed E-state index contributed by atoms with van der Waals surface area (Å²) in [4.78, 5) is 4.14. The zero-order valence-electron chi connectivity index (χ0n) is 10.8. The number of nitrogens with zero attached hydrogens (tertiary/aromatic N) is 2. The molecule has 0 radical (unpaired) electrons. The molecule has 0 aliphatic rings. The summed E-state index contributed by atoms with van der Waals surface area (Å²) in [5.41, 5.74) is 13.5. The first-order valence-corrected chi connectivity index (χ1v) is 7.00. The molecule has 0 spiro atoms. The first-order chi connectivity index (χ1) is 9.63. The largest absolute Gasteiger partial charge is 0.398 e. The van der Waals surface area contributed by atoms with E-state index < -0.39 is 0 Å². The van der Waals surface area contributed by atoms with Gasteiger partial charge in [-0.3, -0.25) is 0 Å². The molecule has 0 atom stereocenters. The van der Waals surface area contributed by atoms with Gasteiger partial charge in [-0.2, -0.15) is 0 Å². The van der Waals surface area contributed by atoms with Crippen LogP contribution in [0.25, 0.3) is 10.8 Å². The summed E-state index contributed by atoms with van der Waals surface area (Å²) in [6.45, 7) is 0.783. The van der Waals surface area contributed by atoms with Gasteiger partial charge >= 0.3 is 0 Å². The van der Waals surface area contributed by atoms with E-state index in [9.17, 15) is 0 Å². The van der Waals surface area contributed by atoms with Crippen LogP contribution in [0.5, 0.6) is 0 Å². The Kier molecular flexibility index (Phi) is 3.28. The Morgan fingerprint density at radius 1 is 1.10 bits per heavy atom. The molecule has 0 aliphatic heterocycles. The summed E-state index contributed by atoms with van der Waals surface area (Å²) in [6.07, 6.45) is 5.72. The molecule has 0 bridgehead atoms. The minimum Gasteiger partial charge on any atom is -0.398 e. The van der Waals surface area contributed by atoms with Crippen LogP contribution < -0.4 is 16.0 Å². The van der Waals surface area contributed by atoms with Crippen molar-refractivity contribution in [3.8, 4) is 0 Å². The lowest BCUT2D eigenvalue weighted by Crippen LogP contribution is -2.33. The van der Waals surface area contributed by atoms with Gasteiger partial charge < -0.3 is 11.5 Å². The number of pyridine rings is 2. The average Bonchev–Trinajstić information content (AvgIpc) is 2.46. The van der Waals surface area contributed by atoms with Gasteiger partial charge in [0.25, 0.3) is 0 Å². The van der Waals surface area contributed by atoms with E-state index in [1.165, 1.54) is 5.56 Å². The molecular weight excluding hydrogens is 316 g/mol. The highest BCUT2D eigenvalue weighted by molar-refractivity contribution is 9.10. The van der Waals surface area contributed by atoms with Crippen molar-refractivity contribution >= 4 is 38.2 Å². The molecule has 0 aliphatic carbocycles. The van der Waals surface area contributed by atoms with Crippen molar-refractivity contribution in [2.24, 2.45) is 0 Å². The molecular formula is C15H14BrN4+. The predicted molar refractivity (Wildman–Crippen MR) is 84.0 cm³/mol. The molecule has 1 aromatic carbocycles. The lowest BCUT2D eigenvalue weighted by atomic mass is 10.1. The average molecular weight is 330 g/mol. The van der Waals surface area contributed by atoms with Gasteiger partial charge in [-0.1, -0.05) is 12.1 Å². The van der Waals surface area contributed by atoms with Crippen molar-refractivity contribution in [1.82, 2.24) is 4.98 Å². The summed E-state index contributed by atoms with van der Waals surface area (Å²) in [7, 11) is 0. The standard InChI is InChI=1S/C15H13BrN4/c16-14-13-7-10(1-2-11(13)8-19-15(14)18)9-20-5-3-12(17)4-6-20/h1-8,17H,9H2,(H2,18,19)/p+1. The van der Waals surface area contributed by atoms with E-state index in [1.54, 1.807) is 6.20 Å². The summed E-state index contributed by atoms with van der Waals surface area (Å²) in [5, 5.41) is 2.14. The second-order valence-corrected chi connectivity index (χ2v) is 5.48. The molecule has 2 aromatic heterocycles. The van der Waals surface area contributed by atoms with Crippen LogP contribution in [0.3, 0.4) is 0 Å². The maximum Gasteiger partial charge on any atom is 0.173 e. The van der Waals surface area contributed by atoms with Gasteiger partial charge in [0, 0.05) is 40.4 Å². The van der Waals surface area contributed by atoms with Gasteiger partial charge in [0.2, 0.25) is 0 Å². The Labute approximate surface area is 125 Å². The number of hydrogen-bond donors (Lipinski definition) is 2. The SMILES string of the molecule is Nc1cc[n+](Cc2ccc3cnc(N)c(Br)c3c2)cc1. The van der Waals surface area contributed by atoms with Gasteiger partial charge in [-0.25, -0.2) is 9.55 Å². The van der Waals surface area contributed by atoms with Crippen molar-refractivity contribution < 1.29 is 4.57 Å². The first kappa shape index (κ1) is 12.9. The molecule has 3 aromatic rings. The van der Waals surface area contributed by atoms with Crippen molar-refractivity contribution in [3.05, 3.63) is 59.0 Å². The number of halogens is 1. The van der Waals surface area contributed by atoms with Crippen LogP contribution in [0, 0.1) is 0 Å². The Bertz CT molecular complexity index is 769. The van der Waals surface area contributed by atoms with Crippen LogP contribution in [0.2, 0.25) is 0 Å². The van der Waals surface area contributed by atoms with E-state index in [0.717, 1.165) is 27.5 Å². The number of rotatable bonds is 2. The second-order valence-electron chi connectivity index (χ2n) is 4.68. The number of aromatic nitrogens is 2. The third-order valence-electron chi connectivity index (χ3n) is 3.20. The monoisotopic (exact) mass is 329 g/mol. The molecule has 0 amide bonds. The summed E-state index contributed by atoms with van der Waals surface area (Å²) >= 11 is 3.50. The van der Waals surface area contributed by atoms with Crippen LogP contribution in [0.15, 0.2) is 53.4 Å². The number of fused-ring (bicyclic) bond motifs is 1. The Balaban J connectivity index is 2.00. The van der Waals surface area contributed by atoms with E-state index in [2.05, 4.69) is 43.7 Å². The topological polar surface area (TPSA) is 68.8 Å². The van der Waals surface area contributed by atoms with E-state index in [0.29, 0.717) is 5.82 Å². The molecule has 0 saturated heterocycles. The van der Waals surface area contributed by atoms with Crippen molar-refractivity contribution in [2.45, 2.75) is 6.54 Å². The van der Waals surface area contributed by atoms with E-state index in [4.69, 9.17) is 11.5 Å². The van der Waals surface area contributed by atoms with Crippen LogP contribution in [-0.4, -0.2) is 4.98 Å². The molecule has 20 heavy (non-hydrogen) atoms. The minimum absolute atomic E-state index is 0.509. The number of anilines is 2. The lowest BCUT2D eigenvalue weighted by Gasteiger charge is -2.05. The zero-order valence-corrected chi connectivity index (χ0v) is 12.3. The van der Waals surface area contributed by atoms with Crippen LogP contribution >= 0.6 is 15.9 Å². The third-order valence-corrected chi connectivity index (χ3v) is 4.04. The van der Waals surface area contributed by atoms with Gasteiger partial charge in [0.15, 0.2) is 18.9 Å². The summed E-state index contributed by atoms with van der Waals surface area (Å²) in [5.74, 6) is 0.509. The molecule has 3 rings (SSSR count). The third kappa shape index (κ3) is 2.44. The highest BCUT2D eigenvalue weighted by atomic mass is 79.9. The van der Waals surface area contributed by atoms with E-state index >= 15 is 0 Å². The molecule has 0 fully saturated rings. The quantitative estimate of drug-likeness (QED) is 0.710. The summed E-state index contributed by atoms with van der Waals surface area (Å²) in [6, 6.07) is 10.0. The number of nitrogen functional groups attached to an aromatic ring is 2. The maximum absolute atomic E-state index is 5.83. The van der Waals surface area contributed by atoms with Gasteiger partial charge in [-0.15, -0.1) is 0 Å². The van der Waals surface area contributed by atoms with Crippen molar-refractivity contribution in [2.75, 3.05) is 11.5 Å². The van der Waals surface area contributed by atoms with Gasteiger partial charge in [-0.05, 0) is 22.0 Å². The molecule has 2 heterocycles.